The Balaban J connectivity index is 4.00. The van der Waals surface area contributed by atoms with Gasteiger partial charge in [0.05, 0.1) is 0 Å². The fourth-order valence-corrected chi connectivity index (χ4v) is 0.327. The average molecular weight is 124 g/mol. The topological polar surface area (TPSA) is 17.1 Å². The van der Waals surface area contributed by atoms with Crippen molar-refractivity contribution >= 4 is 5.78 Å². The van der Waals surface area contributed by atoms with Gasteiger partial charge in [-0.05, 0) is 19.4 Å². The number of hydrogen-bond donors (Lipinski definition) is 0. The molecule has 0 saturated carbocycles. The van der Waals surface area contributed by atoms with Gasteiger partial charge < -0.3 is 0 Å². The highest BCUT2D eigenvalue weighted by Gasteiger charge is 1.85. The molecule has 0 aromatic rings. The minimum Gasteiger partial charge on any atom is -0.294 e. The molecule has 0 fully saturated rings. The van der Waals surface area contributed by atoms with E-state index in [1.165, 1.54) is 6.08 Å². The van der Waals surface area contributed by atoms with Crippen LogP contribution in [-0.2, 0) is 4.79 Å². The Kier molecular flexibility index (Phi) is 3.74. The van der Waals surface area contributed by atoms with Crippen molar-refractivity contribution in [2.24, 2.45) is 0 Å². The Bertz CT molecular complexity index is 155. The van der Waals surface area contributed by atoms with E-state index in [0.29, 0.717) is 6.42 Å². The predicted molar refractivity (Wildman–Crippen MR) is 38.2 cm³/mol. The van der Waals surface area contributed by atoms with Crippen LogP contribution in [0.25, 0.3) is 0 Å². The summed E-state index contributed by atoms with van der Waals surface area (Å²) in [6.07, 6.45) is 2.07. The highest BCUT2D eigenvalue weighted by atomic mass is 16.1. The summed E-state index contributed by atoms with van der Waals surface area (Å²) < 4.78 is 0. The Labute approximate surface area is 56.1 Å². The molecule has 1 heteroatoms. The fourth-order valence-electron chi connectivity index (χ4n) is 0.327. The van der Waals surface area contributed by atoms with E-state index >= 15 is 0 Å². The SMILES string of the molecule is CCC(=O)C=C=C(C)C. The van der Waals surface area contributed by atoms with Crippen LogP contribution in [-0.4, -0.2) is 5.78 Å². The molecule has 0 N–H and O–H groups in total. The molecule has 0 bridgehead atoms. The van der Waals surface area contributed by atoms with Crippen LogP contribution in [0.1, 0.15) is 27.2 Å². The van der Waals surface area contributed by atoms with Crippen LogP contribution in [0.4, 0.5) is 0 Å². The van der Waals surface area contributed by atoms with Crippen molar-refractivity contribution < 1.29 is 4.79 Å². The number of carbonyl (C=O) groups excluding carboxylic acids is 1. The van der Waals surface area contributed by atoms with Crippen molar-refractivity contribution in [3.63, 3.8) is 0 Å². The minimum atomic E-state index is 0.135. The van der Waals surface area contributed by atoms with Gasteiger partial charge in [-0.15, -0.1) is 5.73 Å². The number of allylic oxidation sites excluding steroid dienone is 1. The van der Waals surface area contributed by atoms with Crippen molar-refractivity contribution in [1.82, 2.24) is 0 Å². The van der Waals surface area contributed by atoms with Crippen LogP contribution in [0.15, 0.2) is 17.4 Å². The maximum atomic E-state index is 10.6. The molecule has 0 heterocycles. The third-order valence-corrected chi connectivity index (χ3v) is 0.870. The van der Waals surface area contributed by atoms with Crippen molar-refractivity contribution in [2.45, 2.75) is 27.2 Å². The smallest absolute Gasteiger partial charge is 0.163 e. The molecule has 0 aromatic heterocycles. The standard InChI is InChI=1S/C8H12O/c1-4-8(9)6-5-7(2)3/h6H,4H2,1-3H3. The lowest BCUT2D eigenvalue weighted by Gasteiger charge is -1.79. The van der Waals surface area contributed by atoms with Gasteiger partial charge in [0.1, 0.15) is 0 Å². The summed E-state index contributed by atoms with van der Waals surface area (Å²) in [7, 11) is 0. The maximum absolute atomic E-state index is 10.6. The highest BCUT2D eigenvalue weighted by molar-refractivity contribution is 5.89. The Hall–Kier alpha value is -0.810. The molecule has 0 aliphatic carbocycles. The molecule has 1 nitrogen and oxygen atoms in total. The third kappa shape index (κ3) is 5.05. The van der Waals surface area contributed by atoms with Crippen molar-refractivity contribution in [3.8, 4) is 0 Å². The van der Waals surface area contributed by atoms with Gasteiger partial charge in [-0.2, -0.15) is 0 Å². The first-order chi connectivity index (χ1) is 4.16. The first kappa shape index (κ1) is 8.19. The number of ketones is 1. The van der Waals surface area contributed by atoms with Crippen LogP contribution in [0, 0.1) is 0 Å². The van der Waals surface area contributed by atoms with E-state index in [4.69, 9.17) is 0 Å². The number of hydrogen-bond acceptors (Lipinski definition) is 1. The number of rotatable bonds is 2. The van der Waals surface area contributed by atoms with Crippen LogP contribution in [0.5, 0.6) is 0 Å². The summed E-state index contributed by atoms with van der Waals surface area (Å²) >= 11 is 0. The molecular weight excluding hydrogens is 112 g/mol. The van der Waals surface area contributed by atoms with Gasteiger partial charge in [0.15, 0.2) is 5.78 Å². The lowest BCUT2D eigenvalue weighted by Crippen LogP contribution is -1.84. The van der Waals surface area contributed by atoms with E-state index in [2.05, 4.69) is 5.73 Å². The van der Waals surface area contributed by atoms with Crippen LogP contribution in [0.3, 0.4) is 0 Å². The van der Waals surface area contributed by atoms with E-state index in [-0.39, 0.29) is 5.78 Å². The van der Waals surface area contributed by atoms with E-state index in [0.717, 1.165) is 5.57 Å². The Morgan fingerprint density at radius 2 is 2.11 bits per heavy atom. The summed E-state index contributed by atoms with van der Waals surface area (Å²) in [5.41, 5.74) is 3.88. The zero-order valence-electron chi connectivity index (χ0n) is 6.19. The second-order valence-corrected chi connectivity index (χ2v) is 2.11. The van der Waals surface area contributed by atoms with E-state index in [1.807, 2.05) is 20.8 Å². The largest absolute Gasteiger partial charge is 0.294 e. The lowest BCUT2D eigenvalue weighted by molar-refractivity contribution is -0.114. The van der Waals surface area contributed by atoms with Gasteiger partial charge >= 0.3 is 0 Å². The molecule has 0 aromatic carbocycles. The molecule has 0 amide bonds. The first-order valence-electron chi connectivity index (χ1n) is 3.09. The van der Waals surface area contributed by atoms with Gasteiger partial charge in [-0.25, -0.2) is 0 Å². The Morgan fingerprint density at radius 3 is 2.44 bits per heavy atom. The zero-order valence-corrected chi connectivity index (χ0v) is 6.19. The minimum absolute atomic E-state index is 0.135. The normalized spacial score (nSPS) is 7.89. The molecular formula is C8H12O. The van der Waals surface area contributed by atoms with Crippen molar-refractivity contribution in [1.29, 1.82) is 0 Å². The van der Waals surface area contributed by atoms with Crippen molar-refractivity contribution in [3.05, 3.63) is 17.4 Å². The summed E-state index contributed by atoms with van der Waals surface area (Å²) in [4.78, 5) is 10.6. The first-order valence-corrected chi connectivity index (χ1v) is 3.09. The summed E-state index contributed by atoms with van der Waals surface area (Å²) in [6, 6.07) is 0. The lowest BCUT2D eigenvalue weighted by atomic mass is 10.3. The van der Waals surface area contributed by atoms with E-state index in [1.54, 1.807) is 0 Å². The van der Waals surface area contributed by atoms with Gasteiger partial charge in [0, 0.05) is 12.5 Å². The predicted octanol–water partition coefficient (Wildman–Crippen LogP) is 2.09. The van der Waals surface area contributed by atoms with Crippen molar-refractivity contribution in [2.75, 3.05) is 0 Å². The molecule has 0 atom stereocenters. The molecule has 0 saturated heterocycles. The quantitative estimate of drug-likeness (QED) is 0.407. The molecule has 0 unspecified atom stereocenters. The number of carbonyl (C=O) groups is 1. The Morgan fingerprint density at radius 1 is 1.56 bits per heavy atom. The fraction of sp³-hybridized carbons (Fsp3) is 0.500. The second kappa shape index (κ2) is 4.11. The summed E-state index contributed by atoms with van der Waals surface area (Å²) in [5, 5.41) is 0. The van der Waals surface area contributed by atoms with Gasteiger partial charge in [-0.1, -0.05) is 6.92 Å². The highest BCUT2D eigenvalue weighted by Crippen LogP contribution is 1.85. The molecule has 9 heavy (non-hydrogen) atoms. The maximum Gasteiger partial charge on any atom is 0.163 e. The second-order valence-electron chi connectivity index (χ2n) is 2.11. The monoisotopic (exact) mass is 124 g/mol. The van der Waals surface area contributed by atoms with Crippen LogP contribution < -0.4 is 0 Å². The average Bonchev–Trinajstić information content (AvgIpc) is 1.83. The van der Waals surface area contributed by atoms with E-state index < -0.39 is 0 Å². The summed E-state index contributed by atoms with van der Waals surface area (Å²) in [5.74, 6) is 0.135. The van der Waals surface area contributed by atoms with Gasteiger partial charge in [0.2, 0.25) is 0 Å². The zero-order chi connectivity index (χ0) is 7.28. The van der Waals surface area contributed by atoms with Gasteiger partial charge in [0.25, 0.3) is 0 Å². The molecule has 50 valence electrons. The molecule has 0 radical (unpaired) electrons. The van der Waals surface area contributed by atoms with Crippen LogP contribution in [0.2, 0.25) is 0 Å². The summed E-state index contributed by atoms with van der Waals surface area (Å²) in [6.45, 7) is 5.67. The molecule has 0 spiro atoms. The molecule has 0 aliphatic heterocycles. The van der Waals surface area contributed by atoms with Gasteiger partial charge in [-0.3, -0.25) is 4.79 Å². The molecule has 0 aliphatic rings. The third-order valence-electron chi connectivity index (χ3n) is 0.870. The molecule has 0 rings (SSSR count). The van der Waals surface area contributed by atoms with E-state index in [9.17, 15) is 4.79 Å². The van der Waals surface area contributed by atoms with Crippen LogP contribution >= 0.6 is 0 Å².